The Morgan fingerprint density at radius 2 is 2.00 bits per heavy atom. The lowest BCUT2D eigenvalue weighted by molar-refractivity contribution is -0.127. The molecule has 3 atom stereocenters. The molecular formula is C17H21N3O4. The van der Waals surface area contributed by atoms with Crippen LogP contribution in [0.25, 0.3) is 0 Å². The van der Waals surface area contributed by atoms with Gasteiger partial charge >= 0.3 is 0 Å². The number of nitrogens with one attached hydrogen (secondary N) is 2. The van der Waals surface area contributed by atoms with E-state index in [0.29, 0.717) is 25.1 Å². The Morgan fingerprint density at radius 3 is 2.58 bits per heavy atom. The van der Waals surface area contributed by atoms with Crippen LogP contribution < -0.4 is 16.4 Å². The van der Waals surface area contributed by atoms with Gasteiger partial charge in [0, 0.05) is 18.7 Å². The fraction of sp³-hybridized carbons (Fsp3) is 0.471. The monoisotopic (exact) mass is 331 g/mol. The number of carbonyl (C=O) groups excluding carboxylic acids is 3. The summed E-state index contributed by atoms with van der Waals surface area (Å²) in [6.07, 6.45) is 1.73. The number of ether oxygens (including phenoxy) is 1. The second-order valence-electron chi connectivity index (χ2n) is 6.26. The number of hydrogen-bond donors (Lipinski definition) is 3. The molecule has 7 nitrogen and oxygen atoms in total. The van der Waals surface area contributed by atoms with Crippen molar-refractivity contribution in [3.05, 3.63) is 29.8 Å². The maximum absolute atomic E-state index is 12.2. The van der Waals surface area contributed by atoms with Gasteiger partial charge in [-0.05, 0) is 37.0 Å². The molecule has 2 aliphatic heterocycles. The first-order valence-electron chi connectivity index (χ1n) is 8.14. The van der Waals surface area contributed by atoms with Crippen LogP contribution in [-0.4, -0.2) is 36.5 Å². The fourth-order valence-electron chi connectivity index (χ4n) is 3.08. The van der Waals surface area contributed by atoms with E-state index in [2.05, 4.69) is 10.6 Å². The van der Waals surface area contributed by atoms with E-state index in [1.54, 1.807) is 12.1 Å². The van der Waals surface area contributed by atoms with Crippen molar-refractivity contribution < 1.29 is 19.1 Å². The maximum Gasteiger partial charge on any atom is 0.253 e. The van der Waals surface area contributed by atoms with E-state index in [9.17, 15) is 14.4 Å². The summed E-state index contributed by atoms with van der Waals surface area (Å²) in [6.45, 7) is 0.426. The summed E-state index contributed by atoms with van der Waals surface area (Å²) < 4.78 is 5.57. The zero-order chi connectivity index (χ0) is 17.1. The molecule has 24 heavy (non-hydrogen) atoms. The van der Waals surface area contributed by atoms with Crippen LogP contribution in [0.1, 0.15) is 24.8 Å². The number of hydrogen-bond acceptors (Lipinski definition) is 5. The van der Waals surface area contributed by atoms with Crippen LogP contribution >= 0.6 is 0 Å². The summed E-state index contributed by atoms with van der Waals surface area (Å²) in [5.74, 6) is -0.913. The van der Waals surface area contributed by atoms with Gasteiger partial charge in [0.2, 0.25) is 11.8 Å². The van der Waals surface area contributed by atoms with Gasteiger partial charge < -0.3 is 15.8 Å². The van der Waals surface area contributed by atoms with Crippen molar-refractivity contribution in [3.8, 4) is 0 Å². The van der Waals surface area contributed by atoms with Gasteiger partial charge in [0.1, 0.15) is 6.10 Å². The van der Waals surface area contributed by atoms with Crippen LogP contribution in [0.4, 0.5) is 5.69 Å². The van der Waals surface area contributed by atoms with Gasteiger partial charge in [-0.2, -0.15) is 0 Å². The molecule has 0 aliphatic carbocycles. The molecule has 3 rings (SSSR count). The molecule has 1 aromatic carbocycles. The van der Waals surface area contributed by atoms with E-state index in [-0.39, 0.29) is 36.2 Å². The van der Waals surface area contributed by atoms with Crippen molar-refractivity contribution in [1.29, 1.82) is 0 Å². The van der Waals surface area contributed by atoms with Gasteiger partial charge in [-0.3, -0.25) is 19.7 Å². The molecule has 2 fully saturated rings. The molecule has 2 heterocycles. The summed E-state index contributed by atoms with van der Waals surface area (Å²) in [4.78, 5) is 34.9. The molecule has 1 unspecified atom stereocenters. The number of benzene rings is 1. The van der Waals surface area contributed by atoms with Crippen molar-refractivity contribution in [3.63, 3.8) is 0 Å². The molecule has 0 spiro atoms. The molecule has 0 radical (unpaired) electrons. The van der Waals surface area contributed by atoms with E-state index in [1.807, 2.05) is 12.1 Å². The van der Waals surface area contributed by atoms with Gasteiger partial charge in [-0.25, -0.2) is 0 Å². The Hall–Kier alpha value is -2.25. The highest BCUT2D eigenvalue weighted by atomic mass is 16.5. The van der Waals surface area contributed by atoms with E-state index in [1.165, 1.54) is 0 Å². The first-order valence-corrected chi connectivity index (χ1v) is 8.14. The van der Waals surface area contributed by atoms with Crippen LogP contribution in [0.2, 0.25) is 0 Å². The fourth-order valence-corrected chi connectivity index (χ4v) is 3.08. The highest BCUT2D eigenvalue weighted by Gasteiger charge is 2.31. The van der Waals surface area contributed by atoms with Crippen molar-refractivity contribution in [2.45, 2.75) is 37.9 Å². The first kappa shape index (κ1) is 16.6. The van der Waals surface area contributed by atoms with Gasteiger partial charge in [-0.15, -0.1) is 0 Å². The summed E-state index contributed by atoms with van der Waals surface area (Å²) in [5.41, 5.74) is 7.17. The Kier molecular flexibility index (Phi) is 4.92. The first-order chi connectivity index (χ1) is 11.5. The molecule has 128 valence electrons. The third-order valence-electron chi connectivity index (χ3n) is 4.43. The number of imide groups is 1. The zero-order valence-electron chi connectivity index (χ0n) is 13.3. The minimum absolute atomic E-state index is 0.0385. The molecule has 1 aromatic rings. The Morgan fingerprint density at radius 1 is 1.25 bits per heavy atom. The van der Waals surface area contributed by atoms with Gasteiger partial charge in [0.15, 0.2) is 0 Å². The number of rotatable bonds is 5. The second kappa shape index (κ2) is 7.11. The summed E-state index contributed by atoms with van der Waals surface area (Å²) in [5, 5.41) is 5.13. The molecule has 0 aromatic heterocycles. The lowest BCUT2D eigenvalue weighted by atomic mass is 9.98. The van der Waals surface area contributed by atoms with Crippen LogP contribution in [-0.2, 0) is 25.5 Å². The third kappa shape index (κ3) is 3.80. The minimum atomic E-state index is -0.452. The molecule has 3 amide bonds. The number of carbonyl (C=O) groups is 3. The van der Waals surface area contributed by atoms with Gasteiger partial charge in [-0.1, -0.05) is 12.1 Å². The van der Waals surface area contributed by atoms with Crippen molar-refractivity contribution in [2.75, 3.05) is 11.9 Å². The predicted molar refractivity (Wildman–Crippen MR) is 87.0 cm³/mol. The number of anilines is 1. The van der Waals surface area contributed by atoms with Crippen LogP contribution in [0.15, 0.2) is 24.3 Å². The normalized spacial score (nSPS) is 26.5. The molecule has 0 bridgehead atoms. The topological polar surface area (TPSA) is 111 Å². The summed E-state index contributed by atoms with van der Waals surface area (Å²) in [6, 6.07) is 7.28. The second-order valence-corrected chi connectivity index (χ2v) is 6.26. The van der Waals surface area contributed by atoms with Crippen molar-refractivity contribution in [1.82, 2.24) is 5.32 Å². The molecule has 2 saturated heterocycles. The highest BCUT2D eigenvalue weighted by molar-refractivity contribution is 6.03. The van der Waals surface area contributed by atoms with Crippen molar-refractivity contribution in [2.24, 2.45) is 11.7 Å². The standard InChI is InChI=1S/C17H21N3O4/c18-9-13-5-6-14(24-13)17(23)19-12-3-1-10(2-4-12)7-11-8-15(21)20-16(11)22/h1-4,11,13-14H,5-9,18H2,(H,19,23)(H,20,21,22)/t11?,13-,14+/m1/s1. The van der Waals surface area contributed by atoms with Gasteiger partial charge in [0.05, 0.1) is 12.0 Å². The smallest absolute Gasteiger partial charge is 0.253 e. The zero-order valence-corrected chi connectivity index (χ0v) is 13.3. The lowest BCUT2D eigenvalue weighted by Crippen LogP contribution is -2.29. The number of nitrogens with two attached hydrogens (primary N) is 1. The summed E-state index contributed by atoms with van der Waals surface area (Å²) in [7, 11) is 0. The molecule has 2 aliphatic rings. The lowest BCUT2D eigenvalue weighted by Gasteiger charge is -2.13. The molecule has 7 heteroatoms. The van der Waals surface area contributed by atoms with E-state index < -0.39 is 6.10 Å². The minimum Gasteiger partial charge on any atom is -0.364 e. The SMILES string of the molecule is NC[C@H]1CC[C@@H](C(=O)Nc2ccc(CC3CC(=O)NC3=O)cc2)O1. The average Bonchev–Trinajstić information content (AvgIpc) is 3.16. The largest absolute Gasteiger partial charge is 0.364 e. The van der Waals surface area contributed by atoms with E-state index in [0.717, 1.165) is 12.0 Å². The average molecular weight is 331 g/mol. The quantitative estimate of drug-likeness (QED) is 0.674. The Balaban J connectivity index is 1.54. The van der Waals surface area contributed by atoms with E-state index >= 15 is 0 Å². The third-order valence-corrected chi connectivity index (χ3v) is 4.43. The van der Waals surface area contributed by atoms with E-state index in [4.69, 9.17) is 10.5 Å². The van der Waals surface area contributed by atoms with Crippen molar-refractivity contribution >= 4 is 23.4 Å². The van der Waals surface area contributed by atoms with Crippen LogP contribution in [0, 0.1) is 5.92 Å². The Labute approximate surface area is 139 Å². The summed E-state index contributed by atoms with van der Waals surface area (Å²) >= 11 is 0. The molecule has 0 saturated carbocycles. The van der Waals surface area contributed by atoms with Crippen LogP contribution in [0.3, 0.4) is 0 Å². The van der Waals surface area contributed by atoms with Gasteiger partial charge in [0.25, 0.3) is 5.91 Å². The molecule has 4 N–H and O–H groups in total. The maximum atomic E-state index is 12.2. The number of amides is 3. The molecular weight excluding hydrogens is 310 g/mol. The predicted octanol–water partition coefficient (Wildman–Crippen LogP) is 0.337. The highest BCUT2D eigenvalue weighted by Crippen LogP contribution is 2.22. The van der Waals surface area contributed by atoms with Crippen LogP contribution in [0.5, 0.6) is 0 Å². The Bertz CT molecular complexity index is 644.